The first-order valence-electron chi connectivity index (χ1n) is 7.89. The van der Waals surface area contributed by atoms with Crippen LogP contribution in [0.5, 0.6) is 0 Å². The molecule has 2 radical (unpaired) electrons. The van der Waals surface area contributed by atoms with Crippen molar-refractivity contribution in [3.8, 4) is 0 Å². The van der Waals surface area contributed by atoms with Crippen molar-refractivity contribution in [1.82, 2.24) is 0 Å². The van der Waals surface area contributed by atoms with Gasteiger partial charge in [-0.3, -0.25) is 0 Å². The molecule has 0 amide bonds. The van der Waals surface area contributed by atoms with E-state index in [0.29, 0.717) is 0 Å². The molecule has 132 valence electrons. The molecule has 0 saturated heterocycles. The Morgan fingerprint density at radius 2 is 0.682 bits per heavy atom. The summed E-state index contributed by atoms with van der Waals surface area (Å²) < 4.78 is 0. The van der Waals surface area contributed by atoms with Gasteiger partial charge in [-0.05, 0) is 51.4 Å². The molecule has 2 rings (SSSR count). The first kappa shape index (κ1) is 27.4. The predicted molar refractivity (Wildman–Crippen MR) is 95.7 cm³/mol. The fourth-order valence-corrected chi connectivity index (χ4v) is 1.71. The van der Waals surface area contributed by atoms with Gasteiger partial charge in [0, 0.05) is 39.0 Å². The minimum Gasteiger partial charge on any atom is -0.795 e. The Labute approximate surface area is 169 Å². The number of allylic oxidation sites excluding steroid dienone is 8. The Morgan fingerprint density at radius 3 is 0.773 bits per heavy atom. The normalized spacial score (nSPS) is 21.7. The van der Waals surface area contributed by atoms with E-state index in [0.717, 1.165) is 12.2 Å². The van der Waals surface area contributed by atoms with E-state index in [1.807, 2.05) is 0 Å². The second kappa shape index (κ2) is 26.5. The molecule has 0 saturated carbocycles. The van der Waals surface area contributed by atoms with Crippen molar-refractivity contribution in [2.24, 2.45) is 0 Å². The summed E-state index contributed by atoms with van der Waals surface area (Å²) in [6, 6.07) is 0. The molecule has 2 aliphatic rings. The summed E-state index contributed by atoms with van der Waals surface area (Å²) in [4.78, 5) is 0. The smallest absolute Gasteiger partial charge is 0 e. The minimum atomic E-state index is 0. The third-order valence-electron chi connectivity index (χ3n) is 2.81. The molecule has 0 bridgehead atoms. The Bertz CT molecular complexity index is 212. The molecule has 0 aromatic carbocycles. The molecule has 0 nitrogen and oxygen atoms in total. The Kier molecular flexibility index (Phi) is 33.0. The second-order valence-electron chi connectivity index (χ2n) is 4.75. The van der Waals surface area contributed by atoms with Gasteiger partial charge in [0.25, 0.3) is 0 Å². The van der Waals surface area contributed by atoms with Gasteiger partial charge in [0.15, 0.2) is 0 Å². The van der Waals surface area contributed by atoms with Crippen LogP contribution in [-0.4, -0.2) is 5.75 Å². The molecule has 0 heterocycles. The summed E-state index contributed by atoms with van der Waals surface area (Å²) in [5.74, 6) is 0.792. The quantitative estimate of drug-likeness (QED) is 0.183. The van der Waals surface area contributed by atoms with Crippen LogP contribution in [-0.2, 0) is 51.6 Å². The van der Waals surface area contributed by atoms with Crippen molar-refractivity contribution < 1.29 is 39.0 Å². The van der Waals surface area contributed by atoms with E-state index in [2.05, 4.69) is 68.2 Å². The SMILES string of the molecule is C1=C\CC/C=C\CC/1.C1=C\CC/C=C\CC/1.[CH2-]CC[S-].[Rh].[Rh]. The topological polar surface area (TPSA) is 0 Å². The Morgan fingerprint density at radius 1 is 0.545 bits per heavy atom. The molecule has 3 heteroatoms. The first-order chi connectivity index (χ1) is 9.91. The van der Waals surface area contributed by atoms with Gasteiger partial charge in [-0.25, -0.2) is 12.2 Å². The van der Waals surface area contributed by atoms with Crippen LogP contribution in [0.1, 0.15) is 57.8 Å². The van der Waals surface area contributed by atoms with Gasteiger partial charge in [0.2, 0.25) is 0 Å². The van der Waals surface area contributed by atoms with Crippen LogP contribution in [0.4, 0.5) is 0 Å². The van der Waals surface area contributed by atoms with Gasteiger partial charge >= 0.3 is 0 Å². The summed E-state index contributed by atoms with van der Waals surface area (Å²) in [6.45, 7) is 3.50. The van der Waals surface area contributed by atoms with Gasteiger partial charge in [-0.1, -0.05) is 48.6 Å². The molecule has 0 unspecified atom stereocenters. The molecule has 0 N–H and O–H groups in total. The van der Waals surface area contributed by atoms with Crippen molar-refractivity contribution in [2.45, 2.75) is 57.8 Å². The minimum absolute atomic E-state index is 0. The predicted octanol–water partition coefficient (Wildman–Crippen LogP) is 6.10. The third kappa shape index (κ3) is 25.5. The van der Waals surface area contributed by atoms with Crippen LogP contribution >= 0.6 is 0 Å². The third-order valence-corrected chi connectivity index (χ3v) is 3.10. The molecule has 0 aromatic heterocycles. The first-order valence-corrected chi connectivity index (χ1v) is 8.47. The van der Waals surface area contributed by atoms with E-state index in [1.165, 1.54) is 51.4 Å². The van der Waals surface area contributed by atoms with E-state index in [4.69, 9.17) is 0 Å². The van der Waals surface area contributed by atoms with Gasteiger partial charge < -0.3 is 19.6 Å². The maximum absolute atomic E-state index is 4.49. The van der Waals surface area contributed by atoms with Crippen molar-refractivity contribution in [1.29, 1.82) is 0 Å². The zero-order valence-electron chi connectivity index (χ0n) is 13.5. The summed E-state index contributed by atoms with van der Waals surface area (Å²) in [5.41, 5.74) is 0. The molecular formula is C19H30Rh2S-2. The van der Waals surface area contributed by atoms with Crippen molar-refractivity contribution >= 4 is 12.6 Å². The maximum Gasteiger partial charge on any atom is 0 e. The fraction of sp³-hybridized carbons (Fsp3) is 0.526. The molecule has 0 atom stereocenters. The molecule has 0 aromatic rings. The second-order valence-corrected chi connectivity index (χ2v) is 5.16. The van der Waals surface area contributed by atoms with Crippen LogP contribution in [0, 0.1) is 6.92 Å². The van der Waals surface area contributed by atoms with Crippen LogP contribution < -0.4 is 0 Å². The van der Waals surface area contributed by atoms with E-state index in [1.54, 1.807) is 0 Å². The van der Waals surface area contributed by atoms with Gasteiger partial charge in [0.1, 0.15) is 0 Å². The molecule has 2 aliphatic carbocycles. The Balaban J connectivity index is -0.000000249. The van der Waals surface area contributed by atoms with Crippen molar-refractivity contribution in [3.63, 3.8) is 0 Å². The van der Waals surface area contributed by atoms with E-state index < -0.39 is 0 Å². The van der Waals surface area contributed by atoms with Gasteiger partial charge in [0.05, 0.1) is 0 Å². The fourth-order valence-electron chi connectivity index (χ4n) is 1.71. The van der Waals surface area contributed by atoms with E-state index >= 15 is 0 Å². The molecule has 0 spiro atoms. The number of hydrogen-bond donors (Lipinski definition) is 0. The average molecular weight is 496 g/mol. The van der Waals surface area contributed by atoms with E-state index in [-0.39, 0.29) is 39.0 Å². The summed E-state index contributed by atoms with van der Waals surface area (Å²) >= 11 is 4.49. The molecule has 22 heavy (non-hydrogen) atoms. The summed E-state index contributed by atoms with van der Waals surface area (Å²) in [7, 11) is 0. The van der Waals surface area contributed by atoms with E-state index in [9.17, 15) is 0 Å². The van der Waals surface area contributed by atoms with Crippen molar-refractivity contribution in [2.75, 3.05) is 5.75 Å². The molecular weight excluding hydrogens is 466 g/mol. The van der Waals surface area contributed by atoms with Crippen LogP contribution in [0.25, 0.3) is 0 Å². The molecule has 0 aliphatic heterocycles. The zero-order chi connectivity index (χ0) is 14.7. The number of rotatable bonds is 1. The maximum atomic E-state index is 4.49. The largest absolute Gasteiger partial charge is 0.795 e. The van der Waals surface area contributed by atoms with Crippen LogP contribution in [0.2, 0.25) is 0 Å². The van der Waals surface area contributed by atoms with Crippen LogP contribution in [0.15, 0.2) is 48.6 Å². The van der Waals surface area contributed by atoms with Gasteiger partial charge in [-0.15, -0.1) is 0 Å². The summed E-state index contributed by atoms with van der Waals surface area (Å²) in [6.07, 6.45) is 28.9. The zero-order valence-corrected chi connectivity index (χ0v) is 17.6. The summed E-state index contributed by atoms with van der Waals surface area (Å²) in [5, 5.41) is 0. The van der Waals surface area contributed by atoms with Crippen LogP contribution in [0.3, 0.4) is 0 Å². The monoisotopic (exact) mass is 496 g/mol. The standard InChI is InChI=1S/2C8H12.C3H7S.2Rh/c2*1-2-4-6-8-7-5-3-1;1-2-3-4;;/h2*1-2,7-8H,3-6H2;4H,1-3H2;;/q;;-1;;/p-1/b2*2-1-,8-7-;;;. The number of hydrogen-bond acceptors (Lipinski definition) is 1. The molecule has 0 fully saturated rings. The van der Waals surface area contributed by atoms with Gasteiger partial charge in [-0.2, -0.15) is 0 Å². The van der Waals surface area contributed by atoms with Crippen molar-refractivity contribution in [3.05, 3.63) is 55.5 Å². The Hall–Kier alpha value is 0.557. The average Bonchev–Trinajstić information content (AvgIpc) is 2.38.